The largest absolute Gasteiger partial charge is 0.490 e. The Labute approximate surface area is 186 Å². The number of hydrogen-bond acceptors (Lipinski definition) is 5. The number of carbonyl (C=O) groups is 2. The molecule has 10 heteroatoms. The first-order chi connectivity index (χ1) is 15.0. The molecule has 0 radical (unpaired) electrons. The molecule has 2 aliphatic rings. The molecule has 1 amide bonds. The number of carboxylic acid groups (broad SMARTS) is 1. The molecule has 0 unspecified atom stereocenters. The topological polar surface area (TPSA) is 79.3 Å². The number of aliphatic carboxylic acids is 1. The average molecular weight is 460 g/mol. The number of likely N-dealkylation sites (tertiary alicyclic amines) is 2. The van der Waals surface area contributed by atoms with Crippen molar-refractivity contribution in [3.05, 3.63) is 29.8 Å². The number of para-hydroxylation sites is 1. The van der Waals surface area contributed by atoms with Gasteiger partial charge < -0.3 is 24.4 Å². The molecule has 32 heavy (non-hydrogen) atoms. The zero-order chi connectivity index (χ0) is 23.9. The zero-order valence-corrected chi connectivity index (χ0v) is 18.7. The molecule has 2 atom stereocenters. The number of hydrogen-bond donors (Lipinski definition) is 1. The Morgan fingerprint density at radius 1 is 1.25 bits per heavy atom. The van der Waals surface area contributed by atoms with E-state index in [0.717, 1.165) is 57.1 Å². The lowest BCUT2D eigenvalue weighted by molar-refractivity contribution is -0.192. The van der Waals surface area contributed by atoms with Gasteiger partial charge in [-0.05, 0) is 31.5 Å². The summed E-state index contributed by atoms with van der Waals surface area (Å²) in [5, 5.41) is 7.12. The van der Waals surface area contributed by atoms with Crippen LogP contribution in [0.4, 0.5) is 13.2 Å². The number of methoxy groups -OCH3 is 1. The van der Waals surface area contributed by atoms with Crippen LogP contribution < -0.4 is 4.74 Å². The van der Waals surface area contributed by atoms with Gasteiger partial charge in [0.2, 0.25) is 0 Å². The second-order valence-corrected chi connectivity index (χ2v) is 8.26. The number of rotatable bonds is 6. The Balaban J connectivity index is 0.000000451. The van der Waals surface area contributed by atoms with Gasteiger partial charge in [-0.1, -0.05) is 25.1 Å². The van der Waals surface area contributed by atoms with E-state index < -0.39 is 12.1 Å². The Morgan fingerprint density at radius 3 is 2.47 bits per heavy atom. The molecule has 0 aromatic heterocycles. The van der Waals surface area contributed by atoms with E-state index >= 15 is 0 Å². The average Bonchev–Trinajstić information content (AvgIpc) is 3.31. The highest BCUT2D eigenvalue weighted by molar-refractivity contribution is 5.78. The quantitative estimate of drug-likeness (QED) is 0.704. The SMILES string of the molecule is CCN1C[C@H](COC)[C@]2(CCN(C(=O)COc3ccccc3C)C2)C1.O=C(O)C(F)(F)F. The Morgan fingerprint density at radius 2 is 1.91 bits per heavy atom. The number of carboxylic acids is 1. The normalized spacial score (nSPS) is 23.2. The Hall–Kier alpha value is -2.33. The third-order valence-electron chi connectivity index (χ3n) is 6.12. The molecule has 3 rings (SSSR count). The van der Waals surface area contributed by atoms with Gasteiger partial charge in [0.1, 0.15) is 5.75 Å². The summed E-state index contributed by atoms with van der Waals surface area (Å²) in [7, 11) is 1.77. The van der Waals surface area contributed by atoms with Gasteiger partial charge in [-0.15, -0.1) is 0 Å². The fraction of sp³-hybridized carbons (Fsp3) is 0.636. The van der Waals surface area contributed by atoms with Crippen molar-refractivity contribution >= 4 is 11.9 Å². The summed E-state index contributed by atoms with van der Waals surface area (Å²) in [6.07, 6.45) is -4.02. The van der Waals surface area contributed by atoms with E-state index in [2.05, 4.69) is 11.8 Å². The van der Waals surface area contributed by atoms with Crippen molar-refractivity contribution in [2.45, 2.75) is 26.4 Å². The number of aryl methyl sites for hydroxylation is 1. The lowest BCUT2D eigenvalue weighted by Gasteiger charge is -2.30. The number of carbonyl (C=O) groups excluding carboxylic acids is 1. The summed E-state index contributed by atoms with van der Waals surface area (Å²) in [6.45, 7) is 9.96. The fourth-order valence-electron chi connectivity index (χ4n) is 4.34. The van der Waals surface area contributed by atoms with Crippen LogP contribution >= 0.6 is 0 Å². The van der Waals surface area contributed by atoms with E-state index in [0.29, 0.717) is 5.92 Å². The van der Waals surface area contributed by atoms with Crippen molar-refractivity contribution in [2.75, 3.05) is 53.0 Å². The lowest BCUT2D eigenvalue weighted by atomic mass is 9.78. The molecule has 2 fully saturated rings. The molecule has 0 saturated carbocycles. The standard InChI is InChI=1S/C20H30N2O3.C2HF3O2/c1-4-21-11-17(12-24-3)20(14-21)9-10-22(15-20)19(23)13-25-18-8-6-5-7-16(18)2;3-2(4,5)1(6)7/h5-8,17H,4,9-15H2,1-3H3;(H,6,7)/t17-,20-;/m1./s1. The van der Waals surface area contributed by atoms with Gasteiger partial charge in [-0.3, -0.25) is 4.79 Å². The molecule has 180 valence electrons. The predicted octanol–water partition coefficient (Wildman–Crippen LogP) is 2.82. The summed E-state index contributed by atoms with van der Waals surface area (Å²) >= 11 is 0. The summed E-state index contributed by atoms with van der Waals surface area (Å²) in [5.74, 6) is -1.37. The molecule has 2 saturated heterocycles. The highest BCUT2D eigenvalue weighted by Crippen LogP contribution is 2.43. The van der Waals surface area contributed by atoms with Crippen LogP contribution in [0, 0.1) is 18.3 Å². The van der Waals surface area contributed by atoms with E-state index in [1.807, 2.05) is 36.1 Å². The molecule has 1 N–H and O–H groups in total. The molecule has 1 aromatic carbocycles. The Bertz CT molecular complexity index is 789. The van der Waals surface area contributed by atoms with Crippen LogP contribution in [0.15, 0.2) is 24.3 Å². The summed E-state index contributed by atoms with van der Waals surface area (Å²) in [4.78, 5) is 26.0. The van der Waals surface area contributed by atoms with Crippen LogP contribution in [0.2, 0.25) is 0 Å². The van der Waals surface area contributed by atoms with Gasteiger partial charge in [-0.25, -0.2) is 4.79 Å². The summed E-state index contributed by atoms with van der Waals surface area (Å²) in [6, 6.07) is 7.82. The first-order valence-corrected chi connectivity index (χ1v) is 10.5. The third-order valence-corrected chi connectivity index (χ3v) is 6.12. The number of halogens is 3. The van der Waals surface area contributed by atoms with Gasteiger partial charge in [-0.2, -0.15) is 13.2 Å². The van der Waals surface area contributed by atoms with E-state index in [9.17, 15) is 18.0 Å². The highest BCUT2D eigenvalue weighted by Gasteiger charge is 2.50. The summed E-state index contributed by atoms with van der Waals surface area (Å²) in [5.41, 5.74) is 1.24. The minimum absolute atomic E-state index is 0.0891. The van der Waals surface area contributed by atoms with Crippen molar-refractivity contribution in [3.63, 3.8) is 0 Å². The predicted molar refractivity (Wildman–Crippen MR) is 111 cm³/mol. The molecule has 7 nitrogen and oxygen atoms in total. The number of benzene rings is 1. The first kappa shape index (κ1) is 25.9. The minimum Gasteiger partial charge on any atom is -0.484 e. The lowest BCUT2D eigenvalue weighted by Crippen LogP contribution is -2.39. The van der Waals surface area contributed by atoms with Gasteiger partial charge in [0, 0.05) is 44.6 Å². The summed E-state index contributed by atoms with van der Waals surface area (Å²) < 4.78 is 43.0. The van der Waals surface area contributed by atoms with Crippen molar-refractivity contribution in [3.8, 4) is 5.75 Å². The number of nitrogens with zero attached hydrogens (tertiary/aromatic N) is 2. The van der Waals surface area contributed by atoms with Crippen LogP contribution in [0.3, 0.4) is 0 Å². The first-order valence-electron chi connectivity index (χ1n) is 10.5. The van der Waals surface area contributed by atoms with E-state index in [4.69, 9.17) is 19.4 Å². The number of amides is 1. The molecule has 1 aromatic rings. The van der Waals surface area contributed by atoms with Crippen LogP contribution in [-0.4, -0.2) is 86.0 Å². The second-order valence-electron chi connectivity index (χ2n) is 8.26. The minimum atomic E-state index is -5.08. The molecular formula is C22H31F3N2O5. The van der Waals surface area contributed by atoms with E-state index in [1.165, 1.54) is 0 Å². The molecule has 2 aliphatic heterocycles. The van der Waals surface area contributed by atoms with Gasteiger partial charge in [0.25, 0.3) is 5.91 Å². The zero-order valence-electron chi connectivity index (χ0n) is 18.7. The van der Waals surface area contributed by atoms with E-state index in [-0.39, 0.29) is 17.9 Å². The molecule has 1 spiro atoms. The van der Waals surface area contributed by atoms with Gasteiger partial charge >= 0.3 is 12.1 Å². The van der Waals surface area contributed by atoms with Crippen LogP contribution in [0.5, 0.6) is 5.75 Å². The number of alkyl halides is 3. The third kappa shape index (κ3) is 6.59. The number of ether oxygens (including phenoxy) is 2. The van der Waals surface area contributed by atoms with Crippen LogP contribution in [-0.2, 0) is 14.3 Å². The monoisotopic (exact) mass is 460 g/mol. The highest BCUT2D eigenvalue weighted by atomic mass is 19.4. The molecule has 0 aliphatic carbocycles. The van der Waals surface area contributed by atoms with Crippen molar-refractivity contribution < 1.29 is 37.3 Å². The van der Waals surface area contributed by atoms with Crippen molar-refractivity contribution in [1.82, 2.24) is 9.80 Å². The van der Waals surface area contributed by atoms with E-state index in [1.54, 1.807) is 7.11 Å². The Kier molecular flexibility index (Phi) is 8.91. The maximum absolute atomic E-state index is 12.6. The van der Waals surface area contributed by atoms with Crippen LogP contribution in [0.1, 0.15) is 18.9 Å². The maximum atomic E-state index is 12.6. The fourth-order valence-corrected chi connectivity index (χ4v) is 4.34. The molecule has 0 bridgehead atoms. The van der Waals surface area contributed by atoms with Crippen molar-refractivity contribution in [1.29, 1.82) is 0 Å². The van der Waals surface area contributed by atoms with Crippen LogP contribution in [0.25, 0.3) is 0 Å². The van der Waals surface area contributed by atoms with Gasteiger partial charge in [0.15, 0.2) is 6.61 Å². The molecular weight excluding hydrogens is 429 g/mol. The second kappa shape index (κ2) is 11.0. The smallest absolute Gasteiger partial charge is 0.484 e. The molecule has 2 heterocycles. The van der Waals surface area contributed by atoms with Crippen molar-refractivity contribution in [2.24, 2.45) is 11.3 Å². The maximum Gasteiger partial charge on any atom is 0.490 e. The van der Waals surface area contributed by atoms with Gasteiger partial charge in [0.05, 0.1) is 6.61 Å².